The summed E-state index contributed by atoms with van der Waals surface area (Å²) in [6.07, 6.45) is 2.86. The number of hydrogen-bond acceptors (Lipinski definition) is 9. The molecule has 0 aliphatic carbocycles. The maximum Gasteiger partial charge on any atom is 0.243 e. The van der Waals surface area contributed by atoms with E-state index >= 15 is 0 Å². The molecule has 3 atom stereocenters. The number of unbranched alkanes of at least 4 members (excludes halogenated alkanes) is 1. The van der Waals surface area contributed by atoms with Crippen LogP contribution in [0.1, 0.15) is 66.8 Å². The number of rotatable bonds is 14. The predicted molar refractivity (Wildman–Crippen MR) is 168 cm³/mol. The van der Waals surface area contributed by atoms with E-state index in [4.69, 9.17) is 14.7 Å². The molecule has 4 aromatic rings. The van der Waals surface area contributed by atoms with Crippen molar-refractivity contribution in [1.82, 2.24) is 26.0 Å². The quantitative estimate of drug-likeness (QED) is 0.0560. The first-order valence-corrected chi connectivity index (χ1v) is 15.9. The van der Waals surface area contributed by atoms with Crippen LogP contribution in [-0.2, 0) is 32.2 Å². The lowest BCUT2D eigenvalue weighted by Crippen LogP contribution is -2.31. The number of nitrogens with one attached hydrogen (secondary N) is 3. The van der Waals surface area contributed by atoms with Crippen molar-refractivity contribution in [2.24, 2.45) is 0 Å². The fourth-order valence-corrected chi connectivity index (χ4v) is 5.94. The molecule has 0 unspecified atom stereocenters. The Balaban J connectivity index is 1.25. The second-order valence-corrected chi connectivity index (χ2v) is 11.8. The van der Waals surface area contributed by atoms with E-state index in [-0.39, 0.29) is 31.1 Å². The van der Waals surface area contributed by atoms with Crippen LogP contribution in [0.3, 0.4) is 0 Å². The Bertz CT molecular complexity index is 1520. The minimum atomic E-state index is -0.575. The van der Waals surface area contributed by atoms with E-state index in [1.807, 2.05) is 72.8 Å². The first-order chi connectivity index (χ1) is 22.0. The van der Waals surface area contributed by atoms with Gasteiger partial charge in [0.05, 0.1) is 18.8 Å². The zero-order chi connectivity index (χ0) is 31.4. The van der Waals surface area contributed by atoms with E-state index < -0.39 is 12.2 Å². The summed E-state index contributed by atoms with van der Waals surface area (Å²) in [4.78, 5) is 27.7. The van der Waals surface area contributed by atoms with Crippen LogP contribution < -0.4 is 10.8 Å². The van der Waals surface area contributed by atoms with Gasteiger partial charge in [-0.15, -0.1) is 0 Å². The van der Waals surface area contributed by atoms with Gasteiger partial charge in [-0.05, 0) is 40.7 Å². The third-order valence-corrected chi connectivity index (χ3v) is 8.59. The third kappa shape index (κ3) is 9.22. The number of aromatic nitrogens is 3. The van der Waals surface area contributed by atoms with Gasteiger partial charge in [0.25, 0.3) is 0 Å². The number of benzene rings is 3. The highest BCUT2D eigenvalue weighted by atomic mass is 32.2. The van der Waals surface area contributed by atoms with Crippen molar-refractivity contribution in [2.45, 2.75) is 68.9 Å². The SMILES string of the molecule is O=C(CCCCC(=O)NCc1ccccc1-c1ccc([C@H]2O[C@@H](CSc3ncn[nH]3)C[C@@H](c3ccc(CO)cc3)O2)cc1)NO. The highest BCUT2D eigenvalue weighted by molar-refractivity contribution is 7.99. The van der Waals surface area contributed by atoms with Crippen molar-refractivity contribution >= 4 is 23.6 Å². The largest absolute Gasteiger partial charge is 0.392 e. The Kier molecular flexibility index (Phi) is 11.7. The van der Waals surface area contributed by atoms with Crippen molar-refractivity contribution in [3.63, 3.8) is 0 Å². The monoisotopic (exact) mass is 631 g/mol. The standard InChI is InChI=1S/C33H37N5O6S/c39-19-22-9-11-24(12-10-22)29-17-27(20-45-33-35-21-36-37-33)43-32(44-29)25-15-13-23(14-16-25)28-6-2-1-5-26(28)18-34-30(40)7-3-4-8-31(41)38-42/h1-2,5-6,9-16,21,27,29,32,39,42H,3-4,7-8,17-20H2,(H,34,40)(H,38,41)(H,35,36,37)/t27-,29+,32+/m1/s1. The van der Waals surface area contributed by atoms with Gasteiger partial charge in [-0.25, -0.2) is 10.5 Å². The Morgan fingerprint density at radius 3 is 2.38 bits per heavy atom. The van der Waals surface area contributed by atoms with Crippen LogP contribution in [0.4, 0.5) is 0 Å². The molecule has 1 saturated heterocycles. The van der Waals surface area contributed by atoms with Gasteiger partial charge in [0.1, 0.15) is 6.33 Å². The summed E-state index contributed by atoms with van der Waals surface area (Å²) in [6, 6.07) is 23.8. The van der Waals surface area contributed by atoms with Crippen LogP contribution in [0.25, 0.3) is 11.1 Å². The average Bonchev–Trinajstić information content (AvgIpc) is 3.62. The lowest BCUT2D eigenvalue weighted by molar-refractivity contribution is -0.245. The summed E-state index contributed by atoms with van der Waals surface area (Å²) in [5.41, 5.74) is 7.37. The molecule has 5 rings (SSSR count). The van der Waals surface area contributed by atoms with E-state index in [0.29, 0.717) is 38.0 Å². The van der Waals surface area contributed by atoms with E-state index in [0.717, 1.165) is 38.5 Å². The molecule has 45 heavy (non-hydrogen) atoms. The minimum absolute atomic E-state index is 0.0107. The van der Waals surface area contributed by atoms with Gasteiger partial charge in [0.2, 0.25) is 11.8 Å². The number of aliphatic hydroxyl groups excluding tert-OH is 1. The number of amides is 2. The molecule has 11 nitrogen and oxygen atoms in total. The molecule has 1 aliphatic heterocycles. The number of carbonyl (C=O) groups excluding carboxylic acids is 2. The van der Waals surface area contributed by atoms with Crippen LogP contribution in [0, 0.1) is 0 Å². The molecular formula is C33H37N5O6S. The van der Waals surface area contributed by atoms with Crippen molar-refractivity contribution < 1.29 is 29.4 Å². The molecule has 236 valence electrons. The fourth-order valence-electron chi connectivity index (χ4n) is 5.14. The summed E-state index contributed by atoms with van der Waals surface area (Å²) in [6.45, 7) is 0.368. The smallest absolute Gasteiger partial charge is 0.243 e. The van der Waals surface area contributed by atoms with Gasteiger partial charge in [0.15, 0.2) is 11.4 Å². The van der Waals surface area contributed by atoms with Crippen molar-refractivity contribution in [3.05, 3.63) is 101 Å². The molecule has 1 aliphatic rings. The van der Waals surface area contributed by atoms with Crippen molar-refractivity contribution in [1.29, 1.82) is 0 Å². The lowest BCUT2D eigenvalue weighted by Gasteiger charge is -2.36. The van der Waals surface area contributed by atoms with Gasteiger partial charge < -0.3 is 19.9 Å². The molecule has 0 spiro atoms. The minimum Gasteiger partial charge on any atom is -0.392 e. The van der Waals surface area contributed by atoms with Gasteiger partial charge >= 0.3 is 0 Å². The number of thioether (sulfide) groups is 1. The van der Waals surface area contributed by atoms with Crippen LogP contribution in [0.2, 0.25) is 0 Å². The topological polar surface area (TPSA) is 159 Å². The van der Waals surface area contributed by atoms with Gasteiger partial charge in [-0.1, -0.05) is 84.6 Å². The Hall–Kier alpha value is -4.07. The van der Waals surface area contributed by atoms with Gasteiger partial charge in [-0.2, -0.15) is 5.10 Å². The number of ether oxygens (including phenoxy) is 2. The second-order valence-electron chi connectivity index (χ2n) is 10.7. The fraction of sp³-hybridized carbons (Fsp3) is 0.333. The van der Waals surface area contributed by atoms with E-state index in [1.54, 1.807) is 17.2 Å². The zero-order valence-corrected chi connectivity index (χ0v) is 25.5. The number of hydrogen-bond donors (Lipinski definition) is 5. The Morgan fingerprint density at radius 1 is 0.933 bits per heavy atom. The summed E-state index contributed by atoms with van der Waals surface area (Å²) >= 11 is 1.55. The maximum absolute atomic E-state index is 12.4. The molecule has 12 heteroatoms. The average molecular weight is 632 g/mol. The van der Waals surface area contributed by atoms with Crippen LogP contribution in [-0.4, -0.2) is 49.2 Å². The maximum atomic E-state index is 12.4. The van der Waals surface area contributed by atoms with E-state index in [1.165, 1.54) is 6.33 Å². The van der Waals surface area contributed by atoms with Crippen LogP contribution >= 0.6 is 11.8 Å². The first kappa shape index (κ1) is 32.3. The molecule has 0 radical (unpaired) electrons. The molecule has 3 aromatic carbocycles. The highest BCUT2D eigenvalue weighted by Gasteiger charge is 2.32. The van der Waals surface area contributed by atoms with Crippen LogP contribution in [0.5, 0.6) is 0 Å². The molecule has 1 aromatic heterocycles. The second kappa shape index (κ2) is 16.3. The number of hydroxylamine groups is 1. The first-order valence-electron chi connectivity index (χ1n) is 14.9. The number of nitrogens with zero attached hydrogens (tertiary/aromatic N) is 2. The highest BCUT2D eigenvalue weighted by Crippen LogP contribution is 2.39. The summed E-state index contributed by atoms with van der Waals surface area (Å²) in [5, 5.41) is 28.6. The van der Waals surface area contributed by atoms with Crippen molar-refractivity contribution in [3.8, 4) is 11.1 Å². The zero-order valence-electron chi connectivity index (χ0n) is 24.7. The summed E-state index contributed by atoms with van der Waals surface area (Å²) < 4.78 is 12.9. The summed E-state index contributed by atoms with van der Waals surface area (Å²) in [7, 11) is 0. The molecule has 0 saturated carbocycles. The van der Waals surface area contributed by atoms with Gasteiger partial charge in [-0.3, -0.25) is 19.9 Å². The van der Waals surface area contributed by atoms with Crippen LogP contribution in [0.15, 0.2) is 84.3 Å². The number of H-pyrrole nitrogens is 1. The number of aromatic amines is 1. The molecule has 1 fully saturated rings. The van der Waals surface area contributed by atoms with E-state index in [2.05, 4.69) is 20.5 Å². The number of aliphatic hydroxyl groups is 1. The molecule has 2 amide bonds. The molecule has 0 bridgehead atoms. The summed E-state index contributed by atoms with van der Waals surface area (Å²) in [5.74, 6) is 0.134. The molecular weight excluding hydrogens is 594 g/mol. The van der Waals surface area contributed by atoms with E-state index in [9.17, 15) is 14.7 Å². The predicted octanol–water partition coefficient (Wildman–Crippen LogP) is 4.98. The lowest BCUT2D eigenvalue weighted by atomic mass is 9.97. The Labute approximate surface area is 265 Å². The normalized spacial score (nSPS) is 18.0. The Morgan fingerprint density at radius 2 is 1.67 bits per heavy atom. The third-order valence-electron chi connectivity index (χ3n) is 7.58. The van der Waals surface area contributed by atoms with Gasteiger partial charge in [0, 0.05) is 37.1 Å². The number of carbonyl (C=O) groups is 2. The van der Waals surface area contributed by atoms with Crippen molar-refractivity contribution in [2.75, 3.05) is 5.75 Å². The molecule has 2 heterocycles. The molecule has 5 N–H and O–H groups in total.